The molecule has 3 heteroatoms. The smallest absolute Gasteiger partial charge is 0.142 e. The molecule has 0 aliphatic rings. The van der Waals surface area contributed by atoms with Crippen LogP contribution in [0.15, 0.2) is 12.1 Å². The molecule has 1 aromatic rings. The Morgan fingerprint density at radius 3 is 2.47 bits per heavy atom. The molecule has 0 aliphatic heterocycles. The van der Waals surface area contributed by atoms with Crippen LogP contribution < -0.4 is 15.8 Å². The highest BCUT2D eigenvalue weighted by Crippen LogP contribution is 2.29. The van der Waals surface area contributed by atoms with Gasteiger partial charge in [0.25, 0.3) is 0 Å². The number of nitrogens with one attached hydrogen (secondary N) is 1. The zero-order valence-electron chi connectivity index (χ0n) is 11.6. The number of aryl methyl sites for hydroxylation is 2. The second-order valence-corrected chi connectivity index (χ2v) is 5.32. The summed E-state index contributed by atoms with van der Waals surface area (Å²) in [7, 11) is 1.70. The van der Waals surface area contributed by atoms with Gasteiger partial charge in [-0.2, -0.15) is 0 Å². The van der Waals surface area contributed by atoms with Crippen molar-refractivity contribution in [1.82, 2.24) is 0 Å². The van der Waals surface area contributed by atoms with Gasteiger partial charge in [0, 0.05) is 12.1 Å². The molecule has 0 saturated carbocycles. The number of methoxy groups -OCH3 is 1. The van der Waals surface area contributed by atoms with E-state index in [4.69, 9.17) is 10.5 Å². The Balaban J connectivity index is 2.76. The lowest BCUT2D eigenvalue weighted by molar-refractivity contribution is 0.415. The van der Waals surface area contributed by atoms with Crippen LogP contribution in [0, 0.1) is 13.8 Å². The monoisotopic (exact) mass is 236 g/mol. The number of hydrogen-bond donors (Lipinski definition) is 2. The first-order valence-corrected chi connectivity index (χ1v) is 6.01. The van der Waals surface area contributed by atoms with Gasteiger partial charge in [0.2, 0.25) is 0 Å². The molecule has 1 rings (SSSR count). The molecule has 0 heterocycles. The average Bonchev–Trinajstić information content (AvgIpc) is 2.18. The molecule has 0 bridgehead atoms. The summed E-state index contributed by atoms with van der Waals surface area (Å²) in [4.78, 5) is 0. The molecule has 0 spiro atoms. The van der Waals surface area contributed by atoms with E-state index in [1.165, 1.54) is 11.1 Å². The summed E-state index contributed by atoms with van der Waals surface area (Å²) in [6, 6.07) is 4.20. The number of anilines is 1. The highest BCUT2D eigenvalue weighted by molar-refractivity contribution is 5.63. The van der Waals surface area contributed by atoms with Crippen LogP contribution in [0.2, 0.25) is 0 Å². The summed E-state index contributed by atoms with van der Waals surface area (Å²) in [6.45, 7) is 9.08. The summed E-state index contributed by atoms with van der Waals surface area (Å²) in [5, 5.41) is 3.41. The van der Waals surface area contributed by atoms with Gasteiger partial charge in [-0.25, -0.2) is 0 Å². The Bertz CT molecular complexity index is 381. The van der Waals surface area contributed by atoms with Gasteiger partial charge < -0.3 is 15.8 Å². The Morgan fingerprint density at radius 2 is 1.94 bits per heavy atom. The Hall–Kier alpha value is -1.22. The zero-order valence-corrected chi connectivity index (χ0v) is 11.6. The lowest BCUT2D eigenvalue weighted by Crippen LogP contribution is -2.34. The second-order valence-electron chi connectivity index (χ2n) is 5.32. The fourth-order valence-corrected chi connectivity index (χ4v) is 1.83. The van der Waals surface area contributed by atoms with E-state index in [2.05, 4.69) is 25.2 Å². The Morgan fingerprint density at radius 1 is 1.29 bits per heavy atom. The summed E-state index contributed by atoms with van der Waals surface area (Å²) in [6.07, 6.45) is 0.920. The van der Waals surface area contributed by atoms with Gasteiger partial charge in [-0.15, -0.1) is 0 Å². The zero-order chi connectivity index (χ0) is 13.1. The normalized spacial score (nSPS) is 11.4. The summed E-state index contributed by atoms with van der Waals surface area (Å²) in [5.74, 6) is 0.900. The van der Waals surface area contributed by atoms with Crippen molar-refractivity contribution in [3.05, 3.63) is 23.3 Å². The first kappa shape index (κ1) is 13.8. The molecule has 3 N–H and O–H groups in total. The van der Waals surface area contributed by atoms with Crippen LogP contribution in [0.25, 0.3) is 0 Å². The van der Waals surface area contributed by atoms with Crippen molar-refractivity contribution in [2.45, 2.75) is 39.7 Å². The summed E-state index contributed by atoms with van der Waals surface area (Å²) >= 11 is 0. The van der Waals surface area contributed by atoms with E-state index in [1.807, 2.05) is 19.9 Å². The van der Waals surface area contributed by atoms with Gasteiger partial charge in [0.1, 0.15) is 5.75 Å². The van der Waals surface area contributed by atoms with Gasteiger partial charge >= 0.3 is 0 Å². The van der Waals surface area contributed by atoms with E-state index in [0.717, 1.165) is 24.4 Å². The lowest BCUT2D eigenvalue weighted by Gasteiger charge is -2.20. The van der Waals surface area contributed by atoms with Crippen molar-refractivity contribution in [2.24, 2.45) is 5.73 Å². The first-order valence-electron chi connectivity index (χ1n) is 6.01. The molecule has 0 aromatic heterocycles. The first-order chi connectivity index (χ1) is 7.83. The van der Waals surface area contributed by atoms with Crippen molar-refractivity contribution in [3.63, 3.8) is 0 Å². The van der Waals surface area contributed by atoms with Crippen molar-refractivity contribution in [2.75, 3.05) is 19.0 Å². The molecule has 96 valence electrons. The third-order valence-corrected chi connectivity index (χ3v) is 2.73. The number of hydrogen-bond acceptors (Lipinski definition) is 3. The third kappa shape index (κ3) is 4.27. The minimum Gasteiger partial charge on any atom is -0.495 e. The molecule has 0 aliphatic carbocycles. The number of ether oxygens (including phenoxy) is 1. The third-order valence-electron chi connectivity index (χ3n) is 2.73. The van der Waals surface area contributed by atoms with Gasteiger partial charge in [-0.1, -0.05) is 6.07 Å². The van der Waals surface area contributed by atoms with Gasteiger partial charge in [0.05, 0.1) is 12.8 Å². The number of nitrogens with two attached hydrogens (primary N) is 1. The number of rotatable bonds is 5. The molecule has 0 amide bonds. The van der Waals surface area contributed by atoms with Crippen LogP contribution in [-0.2, 0) is 0 Å². The van der Waals surface area contributed by atoms with Crippen molar-refractivity contribution < 1.29 is 4.74 Å². The van der Waals surface area contributed by atoms with Crippen LogP contribution in [0.1, 0.15) is 31.4 Å². The van der Waals surface area contributed by atoms with E-state index in [0.29, 0.717) is 0 Å². The fourth-order valence-electron chi connectivity index (χ4n) is 1.83. The van der Waals surface area contributed by atoms with Crippen LogP contribution >= 0.6 is 0 Å². The van der Waals surface area contributed by atoms with Crippen molar-refractivity contribution >= 4 is 5.69 Å². The van der Waals surface area contributed by atoms with Crippen LogP contribution in [0.5, 0.6) is 5.75 Å². The quantitative estimate of drug-likeness (QED) is 0.826. The molecule has 17 heavy (non-hydrogen) atoms. The second kappa shape index (κ2) is 5.41. The highest BCUT2D eigenvalue weighted by atomic mass is 16.5. The van der Waals surface area contributed by atoms with E-state index in [1.54, 1.807) is 7.11 Å². The molecular weight excluding hydrogens is 212 g/mol. The summed E-state index contributed by atoms with van der Waals surface area (Å²) < 4.78 is 5.40. The van der Waals surface area contributed by atoms with Gasteiger partial charge in [-0.3, -0.25) is 0 Å². The molecule has 0 saturated heterocycles. The predicted molar refractivity (Wildman–Crippen MR) is 73.8 cm³/mol. The summed E-state index contributed by atoms with van der Waals surface area (Å²) in [5.41, 5.74) is 9.31. The van der Waals surface area contributed by atoms with Crippen LogP contribution in [-0.4, -0.2) is 19.2 Å². The average molecular weight is 236 g/mol. The van der Waals surface area contributed by atoms with E-state index in [-0.39, 0.29) is 5.54 Å². The maximum atomic E-state index is 5.96. The topological polar surface area (TPSA) is 47.3 Å². The fraction of sp³-hybridized carbons (Fsp3) is 0.571. The molecule has 0 fully saturated rings. The predicted octanol–water partition coefficient (Wildman–Crippen LogP) is 2.85. The standard InChI is InChI=1S/C14H24N2O/c1-10-8-11(2)13(12(9-10)17-5)16-7-6-14(3,4)15/h8-9,16H,6-7,15H2,1-5H3. The SMILES string of the molecule is COc1cc(C)cc(C)c1NCCC(C)(C)N. The van der Waals surface area contributed by atoms with Gasteiger partial charge in [0.15, 0.2) is 0 Å². The Labute approximate surface area is 104 Å². The van der Waals surface area contributed by atoms with E-state index >= 15 is 0 Å². The largest absolute Gasteiger partial charge is 0.495 e. The lowest BCUT2D eigenvalue weighted by atomic mass is 10.0. The van der Waals surface area contributed by atoms with Crippen LogP contribution in [0.3, 0.4) is 0 Å². The maximum absolute atomic E-state index is 5.96. The van der Waals surface area contributed by atoms with Crippen LogP contribution in [0.4, 0.5) is 5.69 Å². The van der Waals surface area contributed by atoms with E-state index < -0.39 is 0 Å². The molecule has 0 atom stereocenters. The number of benzene rings is 1. The molecular formula is C14H24N2O. The maximum Gasteiger partial charge on any atom is 0.142 e. The van der Waals surface area contributed by atoms with Crippen molar-refractivity contribution in [3.8, 4) is 5.75 Å². The van der Waals surface area contributed by atoms with Gasteiger partial charge in [-0.05, 0) is 51.3 Å². The molecule has 1 aromatic carbocycles. The molecule has 0 radical (unpaired) electrons. The van der Waals surface area contributed by atoms with E-state index in [9.17, 15) is 0 Å². The van der Waals surface area contributed by atoms with Crippen molar-refractivity contribution in [1.29, 1.82) is 0 Å². The molecule has 0 unspecified atom stereocenters. The Kier molecular flexibility index (Phi) is 4.40. The molecule has 3 nitrogen and oxygen atoms in total. The highest BCUT2D eigenvalue weighted by Gasteiger charge is 2.11. The minimum absolute atomic E-state index is 0.140. The minimum atomic E-state index is -0.140.